The second-order valence-electron chi connectivity index (χ2n) is 4.84. The normalized spacial score (nSPS) is 10.1. The predicted molar refractivity (Wildman–Crippen MR) is 79.8 cm³/mol. The van der Waals surface area contributed by atoms with Crippen LogP contribution in [0.2, 0.25) is 0 Å². The predicted octanol–water partition coefficient (Wildman–Crippen LogP) is 4.96. The maximum Gasteiger partial charge on any atom is 0.0991 e. The zero-order valence-corrected chi connectivity index (χ0v) is 11.4. The van der Waals surface area contributed by atoms with Gasteiger partial charge in [-0.3, -0.25) is 0 Å². The van der Waals surface area contributed by atoms with Crippen LogP contribution in [0, 0.1) is 11.3 Å². The van der Waals surface area contributed by atoms with Crippen molar-refractivity contribution in [2.75, 3.05) is 0 Å². The van der Waals surface area contributed by atoms with Crippen molar-refractivity contribution in [3.05, 3.63) is 59.7 Å². The van der Waals surface area contributed by atoms with E-state index in [1.807, 2.05) is 24.3 Å². The van der Waals surface area contributed by atoms with Gasteiger partial charge in [0.05, 0.1) is 11.6 Å². The highest BCUT2D eigenvalue weighted by Gasteiger charge is 1.99. The largest absolute Gasteiger partial charge is 0.192 e. The summed E-state index contributed by atoms with van der Waals surface area (Å²) in [6.45, 7) is 2.23. The fraction of sp³-hybridized carbons (Fsp3) is 0.278. The van der Waals surface area contributed by atoms with E-state index in [4.69, 9.17) is 5.26 Å². The Morgan fingerprint density at radius 1 is 0.842 bits per heavy atom. The molecule has 0 unspecified atom stereocenters. The first-order chi connectivity index (χ1) is 9.33. The molecular weight excluding hydrogens is 230 g/mol. The highest BCUT2D eigenvalue weighted by molar-refractivity contribution is 5.64. The van der Waals surface area contributed by atoms with E-state index in [0.29, 0.717) is 5.56 Å². The van der Waals surface area contributed by atoms with Gasteiger partial charge in [0.15, 0.2) is 0 Å². The Kier molecular flexibility index (Phi) is 4.75. The zero-order chi connectivity index (χ0) is 13.5. The minimum atomic E-state index is 0.708. The summed E-state index contributed by atoms with van der Waals surface area (Å²) in [7, 11) is 0. The molecule has 0 radical (unpaired) electrons. The average molecular weight is 249 g/mol. The third kappa shape index (κ3) is 3.69. The second kappa shape index (κ2) is 6.75. The lowest BCUT2D eigenvalue weighted by Crippen LogP contribution is -1.86. The van der Waals surface area contributed by atoms with Crippen LogP contribution in [-0.2, 0) is 6.42 Å². The first-order valence-electron chi connectivity index (χ1n) is 6.93. The van der Waals surface area contributed by atoms with Crippen LogP contribution >= 0.6 is 0 Å². The first-order valence-corrected chi connectivity index (χ1v) is 6.93. The topological polar surface area (TPSA) is 23.8 Å². The molecule has 19 heavy (non-hydrogen) atoms. The Balaban J connectivity index is 2.07. The minimum absolute atomic E-state index is 0.708. The van der Waals surface area contributed by atoms with Crippen LogP contribution < -0.4 is 0 Å². The van der Waals surface area contributed by atoms with Crippen molar-refractivity contribution in [1.29, 1.82) is 5.26 Å². The number of nitrogens with zero attached hydrogens (tertiary/aromatic N) is 1. The molecule has 1 heteroatoms. The molecule has 2 aromatic carbocycles. The van der Waals surface area contributed by atoms with E-state index in [9.17, 15) is 0 Å². The van der Waals surface area contributed by atoms with Crippen LogP contribution in [0.5, 0.6) is 0 Å². The van der Waals surface area contributed by atoms with Crippen LogP contribution in [-0.4, -0.2) is 0 Å². The molecule has 0 aliphatic heterocycles. The average Bonchev–Trinajstić information content (AvgIpc) is 2.48. The van der Waals surface area contributed by atoms with Gasteiger partial charge in [-0.15, -0.1) is 0 Å². The number of benzene rings is 2. The van der Waals surface area contributed by atoms with Crippen molar-refractivity contribution in [1.82, 2.24) is 0 Å². The van der Waals surface area contributed by atoms with Gasteiger partial charge in [-0.25, -0.2) is 0 Å². The van der Waals surface area contributed by atoms with Crippen molar-refractivity contribution in [2.24, 2.45) is 0 Å². The van der Waals surface area contributed by atoms with Crippen LogP contribution in [0.3, 0.4) is 0 Å². The third-order valence-electron chi connectivity index (χ3n) is 3.37. The monoisotopic (exact) mass is 249 g/mol. The molecule has 0 aliphatic rings. The van der Waals surface area contributed by atoms with Crippen molar-refractivity contribution in [3.63, 3.8) is 0 Å². The van der Waals surface area contributed by atoms with Gasteiger partial charge in [-0.2, -0.15) is 5.26 Å². The van der Waals surface area contributed by atoms with Gasteiger partial charge in [-0.05, 0) is 41.7 Å². The summed E-state index contributed by atoms with van der Waals surface area (Å²) in [4.78, 5) is 0. The van der Waals surface area contributed by atoms with E-state index < -0.39 is 0 Å². The SMILES string of the molecule is CCCCCc1ccc(-c2ccc(C#N)cc2)cc1. The maximum atomic E-state index is 8.79. The molecule has 96 valence electrons. The van der Waals surface area contributed by atoms with E-state index in [2.05, 4.69) is 37.3 Å². The fourth-order valence-corrected chi connectivity index (χ4v) is 2.18. The van der Waals surface area contributed by atoms with E-state index >= 15 is 0 Å². The second-order valence-corrected chi connectivity index (χ2v) is 4.84. The molecule has 0 bridgehead atoms. The standard InChI is InChI=1S/C18H19N/c1-2-3-4-5-15-6-10-17(11-7-15)18-12-8-16(14-19)9-13-18/h6-13H,2-5H2,1H3. The quantitative estimate of drug-likeness (QED) is 0.687. The molecule has 2 aromatic rings. The number of hydrogen-bond donors (Lipinski definition) is 0. The van der Waals surface area contributed by atoms with Crippen LogP contribution in [0.25, 0.3) is 11.1 Å². The summed E-state index contributed by atoms with van der Waals surface area (Å²) in [5, 5.41) is 8.79. The molecule has 1 nitrogen and oxygen atoms in total. The maximum absolute atomic E-state index is 8.79. The Morgan fingerprint density at radius 3 is 1.95 bits per heavy atom. The van der Waals surface area contributed by atoms with E-state index in [1.165, 1.54) is 42.4 Å². The molecule has 0 amide bonds. The summed E-state index contributed by atoms with van der Waals surface area (Å²) in [5.41, 5.74) is 4.49. The number of aryl methyl sites for hydroxylation is 1. The highest BCUT2D eigenvalue weighted by atomic mass is 14.2. The molecule has 0 N–H and O–H groups in total. The van der Waals surface area contributed by atoms with Crippen LogP contribution in [0.15, 0.2) is 48.5 Å². The molecule has 0 saturated carbocycles. The number of hydrogen-bond acceptors (Lipinski definition) is 1. The molecule has 0 heterocycles. The summed E-state index contributed by atoms with van der Waals surface area (Å²) in [6.07, 6.45) is 5.01. The Morgan fingerprint density at radius 2 is 1.42 bits per heavy atom. The van der Waals surface area contributed by atoms with Gasteiger partial charge in [0, 0.05) is 0 Å². The third-order valence-corrected chi connectivity index (χ3v) is 3.37. The van der Waals surface area contributed by atoms with Gasteiger partial charge in [-0.1, -0.05) is 56.2 Å². The molecule has 0 spiro atoms. The van der Waals surface area contributed by atoms with Crippen LogP contribution in [0.1, 0.15) is 37.3 Å². The smallest absolute Gasteiger partial charge is 0.0991 e. The highest BCUT2D eigenvalue weighted by Crippen LogP contribution is 2.20. The van der Waals surface area contributed by atoms with Crippen molar-refractivity contribution in [3.8, 4) is 17.2 Å². The zero-order valence-electron chi connectivity index (χ0n) is 11.4. The number of nitriles is 1. The summed E-state index contributed by atoms with van der Waals surface area (Å²) >= 11 is 0. The van der Waals surface area contributed by atoms with Gasteiger partial charge >= 0.3 is 0 Å². The lowest BCUT2D eigenvalue weighted by Gasteiger charge is -2.04. The molecule has 0 atom stereocenters. The fourth-order valence-electron chi connectivity index (χ4n) is 2.18. The molecular formula is C18H19N. The van der Waals surface area contributed by atoms with Crippen molar-refractivity contribution in [2.45, 2.75) is 32.6 Å². The molecule has 0 aromatic heterocycles. The lowest BCUT2D eigenvalue weighted by molar-refractivity contribution is 0.717. The molecule has 2 rings (SSSR count). The molecule has 0 fully saturated rings. The number of unbranched alkanes of at least 4 members (excludes halogenated alkanes) is 2. The Bertz CT molecular complexity index is 544. The Hall–Kier alpha value is -2.07. The Labute approximate surface area is 115 Å². The van der Waals surface area contributed by atoms with Gasteiger partial charge < -0.3 is 0 Å². The van der Waals surface area contributed by atoms with Gasteiger partial charge in [0.1, 0.15) is 0 Å². The van der Waals surface area contributed by atoms with Crippen molar-refractivity contribution >= 4 is 0 Å². The minimum Gasteiger partial charge on any atom is -0.192 e. The summed E-state index contributed by atoms with van der Waals surface area (Å²) < 4.78 is 0. The summed E-state index contributed by atoms with van der Waals surface area (Å²) in [6, 6.07) is 18.6. The summed E-state index contributed by atoms with van der Waals surface area (Å²) in [5.74, 6) is 0. The van der Waals surface area contributed by atoms with E-state index in [1.54, 1.807) is 0 Å². The van der Waals surface area contributed by atoms with E-state index in [-0.39, 0.29) is 0 Å². The molecule has 0 aliphatic carbocycles. The first kappa shape index (κ1) is 13.4. The van der Waals surface area contributed by atoms with Crippen molar-refractivity contribution < 1.29 is 0 Å². The van der Waals surface area contributed by atoms with Gasteiger partial charge in [0.2, 0.25) is 0 Å². The van der Waals surface area contributed by atoms with Crippen LogP contribution in [0.4, 0.5) is 0 Å². The van der Waals surface area contributed by atoms with E-state index in [0.717, 1.165) is 0 Å². The number of rotatable bonds is 5. The van der Waals surface area contributed by atoms with Gasteiger partial charge in [0.25, 0.3) is 0 Å². The lowest BCUT2D eigenvalue weighted by atomic mass is 10.0. The molecule has 0 saturated heterocycles.